The number of likely N-dealkylation sites (N-methyl/N-ethyl adjacent to an activating group) is 1. The zero-order valence-electron chi connectivity index (χ0n) is 14.0. The Morgan fingerprint density at radius 3 is 2.40 bits per heavy atom. The van der Waals surface area contributed by atoms with Crippen molar-refractivity contribution in [1.29, 1.82) is 0 Å². The van der Waals surface area contributed by atoms with Gasteiger partial charge in [-0.05, 0) is 24.1 Å². The van der Waals surface area contributed by atoms with E-state index in [0.717, 1.165) is 29.1 Å². The first kappa shape index (κ1) is 16.9. The van der Waals surface area contributed by atoms with Crippen LogP contribution in [-0.4, -0.2) is 60.2 Å². The van der Waals surface area contributed by atoms with Crippen LogP contribution in [0.2, 0.25) is 0 Å². The third-order valence-corrected chi connectivity index (χ3v) is 4.34. The van der Waals surface area contributed by atoms with Crippen LogP contribution in [0.25, 0.3) is 0 Å². The minimum Gasteiger partial charge on any atom is -0.350 e. The van der Waals surface area contributed by atoms with Crippen molar-refractivity contribution in [2.75, 3.05) is 31.6 Å². The van der Waals surface area contributed by atoms with Gasteiger partial charge in [0.25, 0.3) is 5.91 Å². The van der Waals surface area contributed by atoms with Gasteiger partial charge in [0.15, 0.2) is 0 Å². The van der Waals surface area contributed by atoms with Crippen LogP contribution in [0.3, 0.4) is 0 Å². The molecule has 8 nitrogen and oxygen atoms in total. The first-order valence-electron chi connectivity index (χ1n) is 8.17. The summed E-state index contributed by atoms with van der Waals surface area (Å²) < 4.78 is 0. The molecule has 2 fully saturated rings. The predicted molar refractivity (Wildman–Crippen MR) is 89.6 cm³/mol. The number of imide groups is 1. The molecule has 2 aliphatic heterocycles. The van der Waals surface area contributed by atoms with Gasteiger partial charge in [-0.2, -0.15) is 0 Å². The van der Waals surface area contributed by atoms with E-state index in [1.54, 1.807) is 4.90 Å². The standard InChI is InChI=1S/C17H20N4O4/c1-19-11-16(24)21(17(19)25)10-14(22)18-9-12-4-6-13(7-5-12)20-8-2-3-15(20)23/h4-7H,2-3,8-11H2,1H3,(H,18,22). The van der Waals surface area contributed by atoms with Gasteiger partial charge >= 0.3 is 6.03 Å². The molecule has 0 aliphatic carbocycles. The van der Waals surface area contributed by atoms with Crippen LogP contribution in [0, 0.1) is 0 Å². The average molecular weight is 344 g/mol. The zero-order valence-corrected chi connectivity index (χ0v) is 14.0. The highest BCUT2D eigenvalue weighted by Crippen LogP contribution is 2.21. The Balaban J connectivity index is 1.51. The van der Waals surface area contributed by atoms with Crippen molar-refractivity contribution in [2.45, 2.75) is 19.4 Å². The summed E-state index contributed by atoms with van der Waals surface area (Å²) in [5, 5.41) is 2.70. The molecule has 0 saturated carbocycles. The van der Waals surface area contributed by atoms with E-state index in [1.165, 1.54) is 11.9 Å². The molecule has 2 heterocycles. The second-order valence-electron chi connectivity index (χ2n) is 6.21. The molecule has 2 aliphatic rings. The number of carbonyl (C=O) groups excluding carboxylic acids is 4. The normalized spacial score (nSPS) is 17.6. The van der Waals surface area contributed by atoms with Gasteiger partial charge in [0, 0.05) is 32.2 Å². The topological polar surface area (TPSA) is 90.0 Å². The molecule has 0 unspecified atom stereocenters. The molecule has 1 aromatic carbocycles. The fourth-order valence-corrected chi connectivity index (χ4v) is 2.94. The fraction of sp³-hybridized carbons (Fsp3) is 0.412. The SMILES string of the molecule is CN1CC(=O)N(CC(=O)NCc2ccc(N3CCCC3=O)cc2)C1=O. The molecule has 25 heavy (non-hydrogen) atoms. The van der Waals surface area contributed by atoms with E-state index in [4.69, 9.17) is 0 Å². The Hall–Kier alpha value is -2.90. The highest BCUT2D eigenvalue weighted by atomic mass is 16.2. The van der Waals surface area contributed by atoms with Gasteiger partial charge in [-0.25, -0.2) is 4.79 Å². The number of carbonyl (C=O) groups is 4. The van der Waals surface area contributed by atoms with Gasteiger partial charge < -0.3 is 15.1 Å². The molecule has 5 amide bonds. The van der Waals surface area contributed by atoms with E-state index in [0.29, 0.717) is 13.0 Å². The van der Waals surface area contributed by atoms with E-state index in [9.17, 15) is 19.2 Å². The summed E-state index contributed by atoms with van der Waals surface area (Å²) in [5.74, 6) is -0.635. The summed E-state index contributed by atoms with van der Waals surface area (Å²) in [6.07, 6.45) is 1.46. The minimum absolute atomic E-state index is 0.00277. The van der Waals surface area contributed by atoms with Crippen molar-refractivity contribution in [3.63, 3.8) is 0 Å². The third kappa shape index (κ3) is 3.62. The van der Waals surface area contributed by atoms with Crippen LogP contribution >= 0.6 is 0 Å². The number of hydrogen-bond acceptors (Lipinski definition) is 4. The number of urea groups is 1. The lowest BCUT2D eigenvalue weighted by Crippen LogP contribution is -2.40. The van der Waals surface area contributed by atoms with Crippen molar-refractivity contribution in [2.24, 2.45) is 0 Å². The van der Waals surface area contributed by atoms with Gasteiger partial charge in [-0.3, -0.25) is 19.3 Å². The van der Waals surface area contributed by atoms with Gasteiger partial charge in [0.2, 0.25) is 11.8 Å². The van der Waals surface area contributed by atoms with Crippen molar-refractivity contribution in [3.8, 4) is 0 Å². The molecule has 0 spiro atoms. The highest BCUT2D eigenvalue weighted by molar-refractivity contribution is 6.04. The summed E-state index contributed by atoms with van der Waals surface area (Å²) in [6, 6.07) is 6.95. The van der Waals surface area contributed by atoms with E-state index >= 15 is 0 Å². The molecule has 0 bridgehead atoms. The number of nitrogens with one attached hydrogen (secondary N) is 1. The van der Waals surface area contributed by atoms with Gasteiger partial charge in [0.05, 0.1) is 0 Å². The lowest BCUT2D eigenvalue weighted by atomic mass is 10.2. The quantitative estimate of drug-likeness (QED) is 0.779. The number of hydrogen-bond donors (Lipinski definition) is 1. The predicted octanol–water partition coefficient (Wildman–Crippen LogP) is 0.324. The molecule has 1 N–H and O–H groups in total. The Morgan fingerprint density at radius 1 is 1.12 bits per heavy atom. The maximum atomic E-state index is 12.0. The van der Waals surface area contributed by atoms with Crippen LogP contribution in [0.4, 0.5) is 10.5 Å². The lowest BCUT2D eigenvalue weighted by Gasteiger charge is -2.16. The summed E-state index contributed by atoms with van der Waals surface area (Å²) in [4.78, 5) is 51.0. The monoisotopic (exact) mass is 344 g/mol. The van der Waals surface area contributed by atoms with Gasteiger partial charge in [0.1, 0.15) is 13.1 Å². The van der Waals surface area contributed by atoms with Crippen molar-refractivity contribution < 1.29 is 19.2 Å². The number of anilines is 1. The summed E-state index contributed by atoms with van der Waals surface area (Å²) >= 11 is 0. The Labute approximate surface area is 145 Å². The molecular weight excluding hydrogens is 324 g/mol. The van der Waals surface area contributed by atoms with Crippen LogP contribution in [-0.2, 0) is 20.9 Å². The largest absolute Gasteiger partial charge is 0.350 e. The first-order chi connectivity index (χ1) is 12.0. The maximum Gasteiger partial charge on any atom is 0.327 e. The molecule has 2 saturated heterocycles. The number of amides is 5. The number of benzene rings is 1. The van der Waals surface area contributed by atoms with Gasteiger partial charge in [-0.1, -0.05) is 12.1 Å². The van der Waals surface area contributed by atoms with Crippen LogP contribution in [0.15, 0.2) is 24.3 Å². The van der Waals surface area contributed by atoms with Crippen LogP contribution < -0.4 is 10.2 Å². The summed E-state index contributed by atoms with van der Waals surface area (Å²) in [7, 11) is 1.52. The minimum atomic E-state index is -0.459. The maximum absolute atomic E-state index is 12.0. The second kappa shape index (κ2) is 6.92. The molecule has 0 atom stereocenters. The van der Waals surface area contributed by atoms with Crippen LogP contribution in [0.1, 0.15) is 18.4 Å². The van der Waals surface area contributed by atoms with Crippen molar-refractivity contribution in [3.05, 3.63) is 29.8 Å². The molecule has 8 heteroatoms. The van der Waals surface area contributed by atoms with E-state index in [1.807, 2.05) is 24.3 Å². The average Bonchev–Trinajstić information content (AvgIpc) is 3.12. The smallest absolute Gasteiger partial charge is 0.327 e. The Kier molecular flexibility index (Phi) is 4.69. The van der Waals surface area contributed by atoms with E-state index in [-0.39, 0.29) is 24.9 Å². The molecule has 3 rings (SSSR count). The summed E-state index contributed by atoms with van der Waals surface area (Å²) in [6.45, 7) is 0.755. The molecule has 0 aromatic heterocycles. The Bertz CT molecular complexity index is 716. The molecule has 0 radical (unpaired) electrons. The molecule has 1 aromatic rings. The van der Waals surface area contributed by atoms with Crippen LogP contribution in [0.5, 0.6) is 0 Å². The van der Waals surface area contributed by atoms with Crippen molar-refractivity contribution in [1.82, 2.24) is 15.1 Å². The van der Waals surface area contributed by atoms with Crippen molar-refractivity contribution >= 4 is 29.4 Å². The number of nitrogens with zero attached hydrogens (tertiary/aromatic N) is 3. The summed E-state index contributed by atoms with van der Waals surface area (Å²) in [5.41, 5.74) is 1.73. The lowest BCUT2D eigenvalue weighted by molar-refractivity contribution is -0.130. The molecular formula is C17H20N4O4. The van der Waals surface area contributed by atoms with E-state index in [2.05, 4.69) is 5.32 Å². The highest BCUT2D eigenvalue weighted by Gasteiger charge is 2.34. The first-order valence-corrected chi connectivity index (χ1v) is 8.17. The Morgan fingerprint density at radius 2 is 1.84 bits per heavy atom. The fourth-order valence-electron chi connectivity index (χ4n) is 2.94. The zero-order chi connectivity index (χ0) is 18.0. The second-order valence-corrected chi connectivity index (χ2v) is 6.21. The number of rotatable bonds is 5. The van der Waals surface area contributed by atoms with Gasteiger partial charge in [-0.15, -0.1) is 0 Å². The third-order valence-electron chi connectivity index (χ3n) is 4.34. The molecule has 132 valence electrons. The van der Waals surface area contributed by atoms with E-state index < -0.39 is 11.9 Å².